The number of pyridine rings is 1. The highest BCUT2D eigenvalue weighted by Crippen LogP contribution is 2.27. The molecule has 4 heteroatoms. The molecule has 0 amide bonds. The highest BCUT2D eigenvalue weighted by molar-refractivity contribution is 6.04. The number of esters is 1. The maximum Gasteiger partial charge on any atom is 0.339 e. The van der Waals surface area contributed by atoms with Crippen LogP contribution in [0.4, 0.5) is 0 Å². The summed E-state index contributed by atoms with van der Waals surface area (Å²) in [6.07, 6.45) is 0. The van der Waals surface area contributed by atoms with Crippen molar-refractivity contribution in [3.63, 3.8) is 0 Å². The minimum absolute atomic E-state index is 0.139. The normalized spacial score (nSPS) is 10.8. The molecule has 0 aliphatic heterocycles. The summed E-state index contributed by atoms with van der Waals surface area (Å²) in [6.45, 7) is 4.18. The minimum atomic E-state index is -0.384. The van der Waals surface area contributed by atoms with E-state index in [0.29, 0.717) is 11.3 Å². The first kappa shape index (κ1) is 19.6. The number of fused-ring (bicyclic) bond motifs is 1. The molecule has 0 bridgehead atoms. The van der Waals surface area contributed by atoms with Gasteiger partial charge in [0.15, 0.2) is 0 Å². The van der Waals surface area contributed by atoms with E-state index < -0.39 is 0 Å². The van der Waals surface area contributed by atoms with Gasteiger partial charge in [-0.15, -0.1) is 0 Å². The number of benzene rings is 3. The van der Waals surface area contributed by atoms with E-state index in [2.05, 4.69) is 0 Å². The molecule has 0 N–H and O–H groups in total. The molecule has 0 saturated carbocycles. The van der Waals surface area contributed by atoms with E-state index in [9.17, 15) is 4.79 Å². The smallest absolute Gasteiger partial charge is 0.339 e. The molecule has 1 aromatic heterocycles. The van der Waals surface area contributed by atoms with Crippen molar-refractivity contribution in [2.45, 2.75) is 20.5 Å². The number of rotatable bonds is 5. The number of hydrogen-bond donors (Lipinski definition) is 0. The van der Waals surface area contributed by atoms with Crippen molar-refractivity contribution in [2.24, 2.45) is 0 Å². The summed E-state index contributed by atoms with van der Waals surface area (Å²) in [5.74, 6) is 0.318. The Kier molecular flexibility index (Phi) is 5.48. The number of para-hydroxylation sites is 1. The molecule has 0 spiro atoms. The predicted octanol–water partition coefficient (Wildman–Crippen LogP) is 5.88. The number of hydrogen-bond acceptors (Lipinski definition) is 4. The fourth-order valence-electron chi connectivity index (χ4n) is 3.46. The standard InChI is InChI=1S/C26H23NO3/c1-17-8-11-19(12-9-17)24-15-22(21-6-4-5-7-23(21)27-24)26(28)30-16-20-14-18(2)10-13-25(20)29-3/h4-15H,16H2,1-3H3. The van der Waals surface area contributed by atoms with Gasteiger partial charge in [-0.2, -0.15) is 0 Å². The molecule has 0 aliphatic rings. The van der Waals surface area contributed by atoms with Gasteiger partial charge in [0.05, 0.1) is 23.9 Å². The van der Waals surface area contributed by atoms with E-state index in [1.807, 2.05) is 86.6 Å². The lowest BCUT2D eigenvalue weighted by molar-refractivity contribution is 0.0472. The Morgan fingerprint density at radius 2 is 1.63 bits per heavy atom. The van der Waals surface area contributed by atoms with Crippen LogP contribution < -0.4 is 4.74 Å². The Hall–Kier alpha value is -3.66. The van der Waals surface area contributed by atoms with Crippen molar-refractivity contribution in [2.75, 3.05) is 7.11 Å². The molecule has 150 valence electrons. The quantitative estimate of drug-likeness (QED) is 0.394. The van der Waals surface area contributed by atoms with Crippen LogP contribution in [0.25, 0.3) is 22.2 Å². The summed E-state index contributed by atoms with van der Waals surface area (Å²) in [4.78, 5) is 17.8. The van der Waals surface area contributed by atoms with Gasteiger partial charge >= 0.3 is 5.97 Å². The molecule has 1 heterocycles. The first-order chi connectivity index (χ1) is 14.5. The van der Waals surface area contributed by atoms with E-state index >= 15 is 0 Å². The Bertz CT molecular complexity index is 1210. The summed E-state index contributed by atoms with van der Waals surface area (Å²) in [6, 6.07) is 23.3. The number of methoxy groups -OCH3 is 1. The lowest BCUT2D eigenvalue weighted by Crippen LogP contribution is -2.08. The van der Waals surface area contributed by atoms with Crippen molar-refractivity contribution >= 4 is 16.9 Å². The Morgan fingerprint density at radius 3 is 2.40 bits per heavy atom. The van der Waals surface area contributed by atoms with Crippen molar-refractivity contribution in [1.82, 2.24) is 4.98 Å². The van der Waals surface area contributed by atoms with Crippen molar-refractivity contribution < 1.29 is 14.3 Å². The molecule has 4 rings (SSSR count). The van der Waals surface area contributed by atoms with E-state index in [1.54, 1.807) is 7.11 Å². The number of carbonyl (C=O) groups is 1. The molecular weight excluding hydrogens is 374 g/mol. The van der Waals surface area contributed by atoms with Crippen LogP contribution in [0.3, 0.4) is 0 Å². The summed E-state index contributed by atoms with van der Waals surface area (Å²) in [7, 11) is 1.61. The van der Waals surface area contributed by atoms with Gasteiger partial charge in [0.25, 0.3) is 0 Å². The van der Waals surface area contributed by atoms with E-state index in [4.69, 9.17) is 14.5 Å². The molecule has 4 aromatic rings. The second-order valence-corrected chi connectivity index (χ2v) is 7.33. The highest BCUT2D eigenvalue weighted by Gasteiger charge is 2.16. The number of aromatic nitrogens is 1. The van der Waals surface area contributed by atoms with Crippen LogP contribution in [0.1, 0.15) is 27.0 Å². The van der Waals surface area contributed by atoms with Crippen LogP contribution in [-0.4, -0.2) is 18.1 Å². The molecule has 0 fully saturated rings. The van der Waals surface area contributed by atoms with E-state index in [0.717, 1.165) is 33.3 Å². The molecular formula is C26H23NO3. The van der Waals surface area contributed by atoms with Gasteiger partial charge in [-0.25, -0.2) is 9.78 Å². The molecule has 0 unspecified atom stereocenters. The molecule has 0 atom stereocenters. The van der Waals surface area contributed by atoms with Crippen LogP contribution in [0.15, 0.2) is 72.8 Å². The van der Waals surface area contributed by atoms with Crippen LogP contribution in [-0.2, 0) is 11.3 Å². The van der Waals surface area contributed by atoms with E-state index in [-0.39, 0.29) is 12.6 Å². The van der Waals surface area contributed by atoms with Crippen LogP contribution in [0.5, 0.6) is 5.75 Å². The monoisotopic (exact) mass is 397 g/mol. The topological polar surface area (TPSA) is 48.4 Å². The SMILES string of the molecule is COc1ccc(C)cc1COC(=O)c1cc(-c2ccc(C)cc2)nc2ccccc12. The summed E-state index contributed by atoms with van der Waals surface area (Å²) in [5, 5.41) is 0.773. The van der Waals surface area contributed by atoms with Crippen molar-refractivity contribution in [1.29, 1.82) is 0 Å². The lowest BCUT2D eigenvalue weighted by Gasteiger charge is -2.12. The third-order valence-electron chi connectivity index (χ3n) is 5.08. The van der Waals surface area contributed by atoms with Crippen molar-refractivity contribution in [3.05, 3.63) is 95.1 Å². The van der Waals surface area contributed by atoms with Gasteiger partial charge in [0.1, 0.15) is 12.4 Å². The number of ether oxygens (including phenoxy) is 2. The predicted molar refractivity (Wildman–Crippen MR) is 119 cm³/mol. The Balaban J connectivity index is 1.69. The summed E-state index contributed by atoms with van der Waals surface area (Å²) in [5.41, 5.74) is 6.06. The zero-order chi connectivity index (χ0) is 21.1. The van der Waals surface area contributed by atoms with Crippen LogP contribution >= 0.6 is 0 Å². The largest absolute Gasteiger partial charge is 0.496 e. The first-order valence-corrected chi connectivity index (χ1v) is 9.82. The average molecular weight is 397 g/mol. The molecule has 0 radical (unpaired) electrons. The molecule has 0 saturated heterocycles. The minimum Gasteiger partial charge on any atom is -0.496 e. The van der Waals surface area contributed by atoms with Crippen LogP contribution in [0.2, 0.25) is 0 Å². The lowest BCUT2D eigenvalue weighted by atomic mass is 10.0. The molecule has 3 aromatic carbocycles. The molecule has 4 nitrogen and oxygen atoms in total. The molecule has 0 aliphatic carbocycles. The van der Waals surface area contributed by atoms with Gasteiger partial charge in [0, 0.05) is 16.5 Å². The maximum absolute atomic E-state index is 13.1. The molecule has 30 heavy (non-hydrogen) atoms. The van der Waals surface area contributed by atoms with Gasteiger partial charge in [-0.05, 0) is 38.1 Å². The van der Waals surface area contributed by atoms with Crippen molar-refractivity contribution in [3.8, 4) is 17.0 Å². The number of aryl methyl sites for hydroxylation is 2. The number of nitrogens with zero attached hydrogens (tertiary/aromatic N) is 1. The fourth-order valence-corrected chi connectivity index (χ4v) is 3.46. The van der Waals surface area contributed by atoms with E-state index in [1.165, 1.54) is 5.56 Å². The van der Waals surface area contributed by atoms with Gasteiger partial charge in [-0.3, -0.25) is 0 Å². The van der Waals surface area contributed by atoms with Crippen LogP contribution in [0, 0.1) is 13.8 Å². The third kappa shape index (κ3) is 4.03. The average Bonchev–Trinajstić information content (AvgIpc) is 2.77. The maximum atomic E-state index is 13.1. The second-order valence-electron chi connectivity index (χ2n) is 7.33. The first-order valence-electron chi connectivity index (χ1n) is 9.82. The Labute approximate surface area is 176 Å². The zero-order valence-corrected chi connectivity index (χ0v) is 17.3. The zero-order valence-electron chi connectivity index (χ0n) is 17.3. The fraction of sp³-hybridized carbons (Fsp3) is 0.154. The summed E-state index contributed by atoms with van der Waals surface area (Å²) < 4.78 is 11.1. The second kappa shape index (κ2) is 8.37. The van der Waals surface area contributed by atoms with Gasteiger partial charge < -0.3 is 9.47 Å². The summed E-state index contributed by atoms with van der Waals surface area (Å²) >= 11 is 0. The van der Waals surface area contributed by atoms with Gasteiger partial charge in [0.2, 0.25) is 0 Å². The van der Waals surface area contributed by atoms with Gasteiger partial charge in [-0.1, -0.05) is 59.7 Å². The highest BCUT2D eigenvalue weighted by atomic mass is 16.5. The third-order valence-corrected chi connectivity index (χ3v) is 5.08. The Morgan fingerprint density at radius 1 is 0.900 bits per heavy atom. The number of carbonyl (C=O) groups excluding carboxylic acids is 1.